The zero-order valence-electron chi connectivity index (χ0n) is 16.1. The Labute approximate surface area is 150 Å². The van der Waals surface area contributed by atoms with E-state index in [1.807, 2.05) is 11.1 Å². The van der Waals surface area contributed by atoms with Crippen molar-refractivity contribution >= 4 is 5.92 Å². The molecule has 4 aliphatic rings. The summed E-state index contributed by atoms with van der Waals surface area (Å²) >= 11 is -2.85. The molecule has 0 aromatic carbocycles. The van der Waals surface area contributed by atoms with Gasteiger partial charge in [0.1, 0.15) is 0 Å². The molecule has 131 valence electrons. The van der Waals surface area contributed by atoms with E-state index >= 15 is 0 Å². The van der Waals surface area contributed by atoms with E-state index in [1.165, 1.54) is 38.5 Å². The molecule has 4 aliphatic carbocycles. The van der Waals surface area contributed by atoms with Gasteiger partial charge in [0, 0.05) is 0 Å². The topological polar surface area (TPSA) is 0 Å². The second-order valence-corrected chi connectivity index (χ2v) is 48.7. The zero-order chi connectivity index (χ0) is 17.0. The minimum atomic E-state index is -2.85. The first-order valence-corrected chi connectivity index (χ1v) is 25.3. The molecule has 24 heavy (non-hydrogen) atoms. The summed E-state index contributed by atoms with van der Waals surface area (Å²) in [7, 11) is 0. The van der Waals surface area contributed by atoms with Gasteiger partial charge in [-0.3, -0.25) is 0 Å². The molecule has 0 spiro atoms. The molecule has 2 saturated carbocycles. The number of rotatable bonds is 3. The average Bonchev–Trinajstić information content (AvgIpc) is 3.20. The molecule has 4 atom stereocenters. The van der Waals surface area contributed by atoms with Crippen LogP contribution in [0.1, 0.15) is 38.5 Å². The first-order valence-electron chi connectivity index (χ1n) is 10.4. The quantitative estimate of drug-likeness (QED) is 0.436. The maximum absolute atomic E-state index is 2.93. The molecule has 2 fully saturated rings. The Balaban J connectivity index is 1.80. The second-order valence-electron chi connectivity index (χ2n) is 10.2. The van der Waals surface area contributed by atoms with Crippen molar-refractivity contribution in [1.82, 2.24) is 0 Å². The number of allylic oxidation sites excluding steroid dienone is 8. The monoisotopic (exact) mass is 417 g/mol. The number of fused-ring (bicyclic) bond motifs is 2. The summed E-state index contributed by atoms with van der Waals surface area (Å²) in [5, 5.41) is 0. The molecule has 0 radical (unpaired) electrons. The van der Waals surface area contributed by atoms with Gasteiger partial charge in [0.05, 0.1) is 0 Å². The summed E-state index contributed by atoms with van der Waals surface area (Å²) in [5.41, 5.74) is 3.81. The molecule has 2 heteroatoms. The van der Waals surface area contributed by atoms with Crippen LogP contribution in [-0.2, 0) is 17.9 Å². The van der Waals surface area contributed by atoms with Crippen molar-refractivity contribution in [2.24, 2.45) is 11.8 Å². The van der Waals surface area contributed by atoms with Crippen LogP contribution in [0.25, 0.3) is 0 Å². The fourth-order valence-corrected chi connectivity index (χ4v) is 37.9. The molecule has 0 N–H and O–H groups in total. The molecule has 4 rings (SSSR count). The average molecular weight is 419 g/mol. The second kappa shape index (κ2) is 6.05. The Bertz CT molecular complexity index is 599. The normalized spacial score (nSPS) is 36.8. The first-order chi connectivity index (χ1) is 11.4. The standard InChI is InChI=1S/2C9H11.C2H7Si.2CH3.Zr/c2*1-2-5-9-7-3-6-8(9)4-1;1-3-2;;;/h2*1-2,4,6,9H,3,5,7H2;3H,1-2H3;2*1H3;. The van der Waals surface area contributed by atoms with E-state index in [1.54, 1.807) is 0 Å². The third-order valence-corrected chi connectivity index (χ3v) is 58.2. The molecule has 4 unspecified atom stereocenters. The summed E-state index contributed by atoms with van der Waals surface area (Å²) in [4.78, 5) is 0. The summed E-state index contributed by atoms with van der Waals surface area (Å²) in [6.07, 6.45) is 23.3. The van der Waals surface area contributed by atoms with Crippen LogP contribution in [0.5, 0.6) is 0 Å². The van der Waals surface area contributed by atoms with Crippen LogP contribution in [0.15, 0.2) is 47.6 Å². The summed E-state index contributed by atoms with van der Waals surface area (Å²) in [5.74, 6) is 1.13. The number of hydrogen-bond acceptors (Lipinski definition) is 0. The van der Waals surface area contributed by atoms with Crippen LogP contribution >= 0.6 is 0 Å². The van der Waals surface area contributed by atoms with Crippen molar-refractivity contribution in [2.75, 3.05) is 0 Å². The third-order valence-electron chi connectivity index (χ3n) is 9.07. The van der Waals surface area contributed by atoms with Crippen molar-refractivity contribution in [1.29, 1.82) is 0 Å². The molecule has 0 aliphatic heterocycles. The third kappa shape index (κ3) is 2.38. The van der Waals surface area contributed by atoms with Crippen LogP contribution in [0.3, 0.4) is 0 Å². The van der Waals surface area contributed by atoms with Gasteiger partial charge >= 0.3 is 151 Å². The molecule has 0 saturated heterocycles. The van der Waals surface area contributed by atoms with Gasteiger partial charge in [0.25, 0.3) is 0 Å². The summed E-state index contributed by atoms with van der Waals surface area (Å²) in [6, 6.07) is 0. The predicted molar refractivity (Wildman–Crippen MR) is 107 cm³/mol. The van der Waals surface area contributed by atoms with Crippen LogP contribution in [0.4, 0.5) is 0 Å². The number of hydrogen-bond donors (Lipinski definition) is 0. The Kier molecular flexibility index (Phi) is 4.41. The van der Waals surface area contributed by atoms with E-state index in [0.29, 0.717) is 0 Å². The predicted octanol–water partition coefficient (Wildman–Crippen LogP) is 6.93. The van der Waals surface area contributed by atoms with Gasteiger partial charge in [-0.15, -0.1) is 0 Å². The van der Waals surface area contributed by atoms with Gasteiger partial charge in [-0.05, 0) is 0 Å². The Morgan fingerprint density at radius 1 is 0.792 bits per heavy atom. The van der Waals surface area contributed by atoms with E-state index in [4.69, 9.17) is 0 Å². The molecule has 0 bridgehead atoms. The zero-order valence-corrected chi connectivity index (χ0v) is 19.7. The molecular formula is C22H35SiZr. The van der Waals surface area contributed by atoms with E-state index in [0.717, 1.165) is 19.1 Å². The van der Waals surface area contributed by atoms with Gasteiger partial charge in [-0.1, -0.05) is 0 Å². The Morgan fingerprint density at radius 2 is 1.25 bits per heavy atom. The van der Waals surface area contributed by atoms with Crippen LogP contribution in [0, 0.1) is 11.8 Å². The van der Waals surface area contributed by atoms with E-state index in [9.17, 15) is 0 Å². The van der Waals surface area contributed by atoms with Crippen molar-refractivity contribution in [3.8, 4) is 0 Å². The van der Waals surface area contributed by atoms with Crippen molar-refractivity contribution in [2.45, 2.75) is 68.1 Å². The molecule has 0 nitrogen and oxygen atoms in total. The van der Waals surface area contributed by atoms with Crippen molar-refractivity contribution < 1.29 is 17.9 Å². The molecule has 0 amide bonds. The first kappa shape index (κ1) is 17.5. The van der Waals surface area contributed by atoms with Crippen molar-refractivity contribution in [3.05, 3.63) is 47.6 Å². The fourth-order valence-electron chi connectivity index (χ4n) is 6.84. The van der Waals surface area contributed by atoms with Crippen LogP contribution in [-0.4, -0.2) is 5.92 Å². The SMILES string of the molecule is C[SiH](C)[Zr]([CH3])([CH3])([CH]1CCC2CC=CC=C21)[CH]1CCC2CC=CC=C21. The van der Waals surface area contributed by atoms with Crippen LogP contribution in [0.2, 0.25) is 29.6 Å². The Morgan fingerprint density at radius 3 is 1.67 bits per heavy atom. The van der Waals surface area contributed by atoms with Gasteiger partial charge in [0.2, 0.25) is 0 Å². The van der Waals surface area contributed by atoms with Crippen LogP contribution < -0.4 is 0 Å². The van der Waals surface area contributed by atoms with E-state index in [-0.39, 0.29) is 0 Å². The van der Waals surface area contributed by atoms with Gasteiger partial charge in [-0.25, -0.2) is 0 Å². The molecule has 0 aromatic heterocycles. The molecular weight excluding hydrogens is 384 g/mol. The summed E-state index contributed by atoms with van der Waals surface area (Å²) in [6.45, 7) is 5.45. The van der Waals surface area contributed by atoms with Gasteiger partial charge < -0.3 is 0 Å². The Hall–Kier alpha value is 0.0600. The van der Waals surface area contributed by atoms with Gasteiger partial charge in [-0.2, -0.15) is 0 Å². The fraction of sp³-hybridized carbons (Fsp3) is 0.636. The maximum atomic E-state index is 2.93. The van der Waals surface area contributed by atoms with E-state index < -0.39 is 23.9 Å². The molecule has 0 aromatic rings. The molecule has 0 heterocycles. The van der Waals surface area contributed by atoms with Crippen molar-refractivity contribution in [3.63, 3.8) is 0 Å². The van der Waals surface area contributed by atoms with E-state index in [2.05, 4.69) is 58.8 Å². The minimum absolute atomic E-state index is 0.675. The van der Waals surface area contributed by atoms with Gasteiger partial charge in [0.15, 0.2) is 0 Å². The summed E-state index contributed by atoms with van der Waals surface area (Å²) < 4.78 is 7.89.